The highest BCUT2D eigenvalue weighted by Crippen LogP contribution is 2.29. The van der Waals surface area contributed by atoms with Gasteiger partial charge in [0, 0.05) is 6.54 Å². The number of amides is 1. The summed E-state index contributed by atoms with van der Waals surface area (Å²) in [4.78, 5) is 12.1. The monoisotopic (exact) mass is 248 g/mol. The Morgan fingerprint density at radius 2 is 2.22 bits per heavy atom. The molecule has 1 heterocycles. The van der Waals surface area contributed by atoms with Crippen LogP contribution in [-0.2, 0) is 4.79 Å². The smallest absolute Gasteiger partial charge is 0.228 e. The Labute approximate surface area is 107 Å². The van der Waals surface area contributed by atoms with Gasteiger partial charge in [-0.25, -0.2) is 0 Å². The maximum absolute atomic E-state index is 12.1. The van der Waals surface area contributed by atoms with Crippen LogP contribution in [0.3, 0.4) is 0 Å². The van der Waals surface area contributed by atoms with Crippen molar-refractivity contribution in [3.05, 3.63) is 23.3 Å². The first-order valence-corrected chi connectivity index (χ1v) is 6.39. The largest absolute Gasteiger partial charge is 0.505 e. The first-order chi connectivity index (χ1) is 8.58. The molecule has 2 rings (SSSR count). The summed E-state index contributed by atoms with van der Waals surface area (Å²) in [6, 6.07) is 3.70. The van der Waals surface area contributed by atoms with Crippen molar-refractivity contribution in [3.63, 3.8) is 0 Å². The molecule has 0 aromatic heterocycles. The van der Waals surface area contributed by atoms with Crippen molar-refractivity contribution in [1.29, 1.82) is 0 Å². The molecule has 1 atom stereocenters. The van der Waals surface area contributed by atoms with Gasteiger partial charge in [0.1, 0.15) is 5.75 Å². The van der Waals surface area contributed by atoms with Crippen molar-refractivity contribution in [1.82, 2.24) is 5.32 Å². The molecule has 1 saturated heterocycles. The van der Waals surface area contributed by atoms with Crippen LogP contribution in [0.15, 0.2) is 12.1 Å². The van der Waals surface area contributed by atoms with Crippen LogP contribution < -0.4 is 10.6 Å². The molecule has 0 radical (unpaired) electrons. The molecule has 98 valence electrons. The Kier molecular flexibility index (Phi) is 3.87. The standard InChI is InChI=1S/C14H20N2O2/c1-9-6-10(2)13(17)12(7-9)16-14(18)11-4-3-5-15-8-11/h6-7,11,15,17H,3-5,8H2,1-2H3,(H,16,18)/t11-/m1/s1. The molecule has 1 amide bonds. The number of hydrogen-bond acceptors (Lipinski definition) is 3. The third-order valence-electron chi connectivity index (χ3n) is 3.37. The number of benzene rings is 1. The number of hydrogen-bond donors (Lipinski definition) is 3. The SMILES string of the molecule is Cc1cc(C)c(O)c(NC(=O)[C@@H]2CCCNC2)c1. The minimum absolute atomic E-state index is 0.000955. The zero-order valence-corrected chi connectivity index (χ0v) is 10.9. The molecular weight excluding hydrogens is 228 g/mol. The molecule has 1 aliphatic heterocycles. The van der Waals surface area contributed by atoms with Gasteiger partial charge in [0.2, 0.25) is 5.91 Å². The number of nitrogens with one attached hydrogen (secondary N) is 2. The third-order valence-corrected chi connectivity index (χ3v) is 3.37. The summed E-state index contributed by atoms with van der Waals surface area (Å²) in [6.45, 7) is 5.49. The van der Waals surface area contributed by atoms with Crippen LogP contribution in [0.4, 0.5) is 5.69 Å². The minimum Gasteiger partial charge on any atom is -0.505 e. The summed E-state index contributed by atoms with van der Waals surface area (Å²) >= 11 is 0. The highest BCUT2D eigenvalue weighted by Gasteiger charge is 2.21. The van der Waals surface area contributed by atoms with Crippen LogP contribution in [0.2, 0.25) is 0 Å². The van der Waals surface area contributed by atoms with E-state index >= 15 is 0 Å². The molecule has 4 nitrogen and oxygen atoms in total. The van der Waals surface area contributed by atoms with Crippen molar-refractivity contribution in [2.45, 2.75) is 26.7 Å². The number of carbonyl (C=O) groups excluding carboxylic acids is 1. The van der Waals surface area contributed by atoms with Crippen molar-refractivity contribution in [3.8, 4) is 5.75 Å². The number of carbonyl (C=O) groups is 1. The molecular formula is C14H20N2O2. The molecule has 1 fully saturated rings. The second-order valence-corrected chi connectivity index (χ2v) is 5.01. The van der Waals surface area contributed by atoms with E-state index in [2.05, 4.69) is 10.6 Å². The van der Waals surface area contributed by atoms with E-state index in [-0.39, 0.29) is 17.6 Å². The maximum atomic E-state index is 12.1. The van der Waals surface area contributed by atoms with Gasteiger partial charge in [0.15, 0.2) is 0 Å². The van der Waals surface area contributed by atoms with E-state index in [1.54, 1.807) is 6.07 Å². The number of phenols is 1. The Hall–Kier alpha value is -1.55. The topological polar surface area (TPSA) is 61.4 Å². The van der Waals surface area contributed by atoms with E-state index in [1.165, 1.54) is 0 Å². The van der Waals surface area contributed by atoms with Crippen molar-refractivity contribution in [2.24, 2.45) is 5.92 Å². The van der Waals surface area contributed by atoms with E-state index in [1.807, 2.05) is 19.9 Å². The molecule has 18 heavy (non-hydrogen) atoms. The van der Waals surface area contributed by atoms with E-state index in [0.29, 0.717) is 5.69 Å². The minimum atomic E-state index is -0.0116. The summed E-state index contributed by atoms with van der Waals surface area (Å²) in [5.41, 5.74) is 2.33. The number of rotatable bonds is 2. The van der Waals surface area contributed by atoms with E-state index in [4.69, 9.17) is 0 Å². The highest BCUT2D eigenvalue weighted by molar-refractivity contribution is 5.94. The fourth-order valence-corrected chi connectivity index (χ4v) is 2.37. The Morgan fingerprint density at radius 1 is 1.44 bits per heavy atom. The van der Waals surface area contributed by atoms with Gasteiger partial charge in [0.25, 0.3) is 0 Å². The number of phenolic OH excluding ortho intramolecular Hbond substituents is 1. The Morgan fingerprint density at radius 3 is 2.89 bits per heavy atom. The zero-order valence-electron chi connectivity index (χ0n) is 10.9. The fraction of sp³-hybridized carbons (Fsp3) is 0.500. The van der Waals surface area contributed by atoms with Crippen molar-refractivity contribution >= 4 is 11.6 Å². The summed E-state index contributed by atoms with van der Waals surface area (Å²) in [5.74, 6) is 0.152. The third kappa shape index (κ3) is 2.82. The zero-order chi connectivity index (χ0) is 13.1. The number of aromatic hydroxyl groups is 1. The molecule has 0 spiro atoms. The van der Waals surface area contributed by atoms with Crippen LogP contribution in [0.25, 0.3) is 0 Å². The van der Waals surface area contributed by atoms with Crippen molar-refractivity contribution in [2.75, 3.05) is 18.4 Å². The van der Waals surface area contributed by atoms with Crippen LogP contribution in [0.5, 0.6) is 5.75 Å². The number of aryl methyl sites for hydroxylation is 2. The van der Waals surface area contributed by atoms with Crippen LogP contribution in [-0.4, -0.2) is 24.1 Å². The Bertz CT molecular complexity index is 451. The first kappa shape index (κ1) is 12.9. The summed E-state index contributed by atoms with van der Waals surface area (Å²) in [5, 5.41) is 16.0. The quantitative estimate of drug-likeness (QED) is 0.701. The number of anilines is 1. The predicted octanol–water partition coefficient (Wildman–Crippen LogP) is 1.95. The summed E-state index contributed by atoms with van der Waals surface area (Å²) in [7, 11) is 0. The molecule has 0 unspecified atom stereocenters. The average molecular weight is 248 g/mol. The van der Waals surface area contributed by atoms with Gasteiger partial charge in [-0.2, -0.15) is 0 Å². The van der Waals surface area contributed by atoms with Gasteiger partial charge < -0.3 is 15.7 Å². The molecule has 4 heteroatoms. The second-order valence-electron chi connectivity index (χ2n) is 5.01. The second kappa shape index (κ2) is 5.40. The van der Waals surface area contributed by atoms with Gasteiger partial charge in [-0.1, -0.05) is 6.07 Å². The van der Waals surface area contributed by atoms with Gasteiger partial charge in [0.05, 0.1) is 11.6 Å². The molecule has 0 saturated carbocycles. The van der Waals surface area contributed by atoms with E-state index in [0.717, 1.165) is 37.1 Å². The Balaban J connectivity index is 2.11. The summed E-state index contributed by atoms with van der Waals surface area (Å²) in [6.07, 6.45) is 1.93. The van der Waals surface area contributed by atoms with Crippen LogP contribution in [0, 0.1) is 19.8 Å². The lowest BCUT2D eigenvalue weighted by Gasteiger charge is -2.22. The number of piperidine rings is 1. The molecule has 1 aromatic carbocycles. The lowest BCUT2D eigenvalue weighted by molar-refractivity contribution is -0.120. The van der Waals surface area contributed by atoms with Gasteiger partial charge in [-0.3, -0.25) is 4.79 Å². The molecule has 0 bridgehead atoms. The van der Waals surface area contributed by atoms with Gasteiger partial charge in [-0.05, 0) is 50.4 Å². The molecule has 0 aliphatic carbocycles. The van der Waals surface area contributed by atoms with Crippen molar-refractivity contribution < 1.29 is 9.90 Å². The first-order valence-electron chi connectivity index (χ1n) is 6.39. The predicted molar refractivity (Wildman–Crippen MR) is 71.8 cm³/mol. The molecule has 1 aromatic rings. The average Bonchev–Trinajstić information content (AvgIpc) is 2.36. The van der Waals surface area contributed by atoms with Crippen LogP contribution >= 0.6 is 0 Å². The van der Waals surface area contributed by atoms with E-state index < -0.39 is 0 Å². The molecule has 1 aliphatic rings. The highest BCUT2D eigenvalue weighted by atomic mass is 16.3. The maximum Gasteiger partial charge on any atom is 0.228 e. The lowest BCUT2D eigenvalue weighted by atomic mass is 9.98. The lowest BCUT2D eigenvalue weighted by Crippen LogP contribution is -2.37. The fourth-order valence-electron chi connectivity index (χ4n) is 2.37. The van der Waals surface area contributed by atoms with E-state index in [9.17, 15) is 9.90 Å². The summed E-state index contributed by atoms with van der Waals surface area (Å²) < 4.78 is 0. The van der Waals surface area contributed by atoms with Crippen LogP contribution in [0.1, 0.15) is 24.0 Å². The van der Waals surface area contributed by atoms with Gasteiger partial charge in [-0.15, -0.1) is 0 Å². The normalized spacial score (nSPS) is 19.6. The molecule has 3 N–H and O–H groups in total. The van der Waals surface area contributed by atoms with Gasteiger partial charge >= 0.3 is 0 Å².